The van der Waals surface area contributed by atoms with E-state index in [1.165, 1.54) is 29.7 Å². The molecular weight excluding hydrogens is 306 g/mol. The van der Waals surface area contributed by atoms with E-state index in [1.807, 2.05) is 11.0 Å². The second-order valence-corrected chi connectivity index (χ2v) is 5.63. The summed E-state index contributed by atoms with van der Waals surface area (Å²) in [6, 6.07) is 7.05. The summed E-state index contributed by atoms with van der Waals surface area (Å²) in [6.45, 7) is 1.65. The van der Waals surface area contributed by atoms with Gasteiger partial charge in [0.05, 0.1) is 0 Å². The van der Waals surface area contributed by atoms with Gasteiger partial charge in [0.1, 0.15) is 12.1 Å². The topological polar surface area (TPSA) is 64.4 Å². The zero-order valence-corrected chi connectivity index (χ0v) is 13.3. The predicted molar refractivity (Wildman–Crippen MR) is 89.6 cm³/mol. The first-order valence-electron chi connectivity index (χ1n) is 7.99. The molecule has 1 aromatic heterocycles. The number of ether oxygens (including phenoxy) is 1. The minimum atomic E-state index is -0.530. The minimum Gasteiger partial charge on any atom is -0.410 e. The van der Waals surface area contributed by atoms with Crippen molar-refractivity contribution in [3.63, 3.8) is 0 Å². The molecule has 0 unspecified atom stereocenters. The summed E-state index contributed by atoms with van der Waals surface area (Å²) in [5.41, 5.74) is 0.802. The van der Waals surface area contributed by atoms with Crippen molar-refractivity contribution in [2.75, 3.05) is 13.1 Å². The van der Waals surface area contributed by atoms with Crippen molar-refractivity contribution in [3.8, 4) is 5.75 Å². The lowest BCUT2D eigenvalue weighted by Crippen LogP contribution is -2.34. The highest BCUT2D eigenvalue weighted by atomic mass is 16.6. The van der Waals surface area contributed by atoms with Crippen molar-refractivity contribution in [1.29, 1.82) is 0 Å². The second kappa shape index (κ2) is 7.59. The van der Waals surface area contributed by atoms with E-state index in [4.69, 9.17) is 4.74 Å². The van der Waals surface area contributed by atoms with Crippen LogP contribution in [0, 0.1) is 0 Å². The van der Waals surface area contributed by atoms with Gasteiger partial charge in [0.2, 0.25) is 5.91 Å². The fourth-order valence-electron chi connectivity index (χ4n) is 2.59. The second-order valence-electron chi connectivity index (χ2n) is 5.63. The number of hydrogen-bond acceptors (Lipinski definition) is 4. The fourth-order valence-corrected chi connectivity index (χ4v) is 2.59. The van der Waals surface area contributed by atoms with Gasteiger partial charge in [0.25, 0.3) is 0 Å². The average Bonchev–Trinajstić information content (AvgIpc) is 3.15. The van der Waals surface area contributed by atoms with Gasteiger partial charge in [0, 0.05) is 31.6 Å². The monoisotopic (exact) mass is 325 g/mol. The summed E-state index contributed by atoms with van der Waals surface area (Å²) in [4.78, 5) is 29.7. The van der Waals surface area contributed by atoms with Crippen LogP contribution >= 0.6 is 0 Å². The number of amides is 1. The van der Waals surface area contributed by atoms with Crippen LogP contribution in [0.5, 0.6) is 5.75 Å². The first kappa shape index (κ1) is 16.0. The van der Waals surface area contributed by atoms with Crippen LogP contribution in [0.2, 0.25) is 0 Å². The third kappa shape index (κ3) is 4.10. The van der Waals surface area contributed by atoms with Crippen LogP contribution in [-0.2, 0) is 4.79 Å². The molecule has 2 aromatic rings. The van der Waals surface area contributed by atoms with Crippen molar-refractivity contribution >= 4 is 18.1 Å². The maximum Gasteiger partial charge on any atom is 0.424 e. The van der Waals surface area contributed by atoms with E-state index < -0.39 is 6.09 Å². The molecule has 2 heterocycles. The van der Waals surface area contributed by atoms with E-state index in [9.17, 15) is 9.59 Å². The number of imidazole rings is 1. The molecule has 0 spiro atoms. The maximum absolute atomic E-state index is 12.1. The van der Waals surface area contributed by atoms with E-state index in [2.05, 4.69) is 4.98 Å². The lowest BCUT2D eigenvalue weighted by Gasteiger charge is -2.25. The molecule has 6 nitrogen and oxygen atoms in total. The lowest BCUT2D eigenvalue weighted by atomic mass is 10.1. The van der Waals surface area contributed by atoms with Crippen molar-refractivity contribution in [2.45, 2.75) is 19.3 Å². The molecule has 1 saturated heterocycles. The molecular formula is C18H19N3O3. The third-order valence-electron chi connectivity index (χ3n) is 3.86. The van der Waals surface area contributed by atoms with Crippen LogP contribution in [0.25, 0.3) is 6.08 Å². The maximum atomic E-state index is 12.1. The summed E-state index contributed by atoms with van der Waals surface area (Å²) >= 11 is 0. The van der Waals surface area contributed by atoms with Crippen LogP contribution in [0.3, 0.4) is 0 Å². The number of aromatic nitrogens is 2. The summed E-state index contributed by atoms with van der Waals surface area (Å²) in [5, 5.41) is 0. The Morgan fingerprint density at radius 2 is 2.00 bits per heavy atom. The molecule has 1 fully saturated rings. The number of benzene rings is 1. The first-order valence-corrected chi connectivity index (χ1v) is 7.99. The molecule has 0 saturated carbocycles. The first-order chi connectivity index (χ1) is 11.7. The Hall–Kier alpha value is -2.89. The minimum absolute atomic E-state index is 0.0236. The molecule has 0 N–H and O–H groups in total. The fraction of sp³-hybridized carbons (Fsp3) is 0.278. The SMILES string of the molecule is O=C(/C=C/c1cccc(OC(=O)n2ccnc2)c1)N1CCCCC1. The van der Waals surface area contributed by atoms with E-state index >= 15 is 0 Å². The number of nitrogens with zero attached hydrogens (tertiary/aromatic N) is 3. The summed E-state index contributed by atoms with van der Waals surface area (Å²) in [7, 11) is 0. The molecule has 3 rings (SSSR count). The Morgan fingerprint density at radius 3 is 2.75 bits per heavy atom. The molecule has 0 aliphatic carbocycles. The van der Waals surface area contributed by atoms with Crippen molar-refractivity contribution in [3.05, 3.63) is 54.6 Å². The summed E-state index contributed by atoms with van der Waals surface area (Å²) in [6.07, 6.45) is 10.5. The Kier molecular flexibility index (Phi) is 5.05. The van der Waals surface area contributed by atoms with E-state index in [-0.39, 0.29) is 5.91 Å². The van der Waals surface area contributed by atoms with E-state index in [0.29, 0.717) is 5.75 Å². The number of piperidine rings is 1. The van der Waals surface area contributed by atoms with Gasteiger partial charge in [-0.3, -0.25) is 4.79 Å². The van der Waals surface area contributed by atoms with Crippen molar-refractivity contribution < 1.29 is 14.3 Å². The highest BCUT2D eigenvalue weighted by molar-refractivity contribution is 5.91. The molecule has 0 bridgehead atoms. The van der Waals surface area contributed by atoms with Crippen LogP contribution in [0.1, 0.15) is 24.8 Å². The summed E-state index contributed by atoms with van der Waals surface area (Å²) in [5.74, 6) is 0.441. The van der Waals surface area contributed by atoms with Crippen LogP contribution in [0.15, 0.2) is 49.1 Å². The van der Waals surface area contributed by atoms with Crippen molar-refractivity contribution in [1.82, 2.24) is 14.5 Å². The number of carbonyl (C=O) groups excluding carboxylic acids is 2. The molecule has 0 radical (unpaired) electrons. The van der Waals surface area contributed by atoms with Crippen LogP contribution in [-0.4, -0.2) is 39.5 Å². The Morgan fingerprint density at radius 1 is 1.17 bits per heavy atom. The molecule has 0 atom stereocenters. The molecule has 1 aliphatic rings. The number of likely N-dealkylation sites (tertiary alicyclic amines) is 1. The highest BCUT2D eigenvalue weighted by Gasteiger charge is 2.13. The van der Waals surface area contributed by atoms with Crippen LogP contribution in [0.4, 0.5) is 4.79 Å². The van der Waals surface area contributed by atoms with E-state index in [1.54, 1.807) is 30.4 Å². The average molecular weight is 325 g/mol. The van der Waals surface area contributed by atoms with Gasteiger partial charge in [0.15, 0.2) is 0 Å². The van der Waals surface area contributed by atoms with Gasteiger partial charge < -0.3 is 9.64 Å². The lowest BCUT2D eigenvalue weighted by molar-refractivity contribution is -0.126. The molecule has 24 heavy (non-hydrogen) atoms. The highest BCUT2D eigenvalue weighted by Crippen LogP contribution is 2.16. The number of hydrogen-bond donors (Lipinski definition) is 0. The quantitative estimate of drug-likeness (QED) is 0.814. The third-order valence-corrected chi connectivity index (χ3v) is 3.86. The van der Waals surface area contributed by atoms with Gasteiger partial charge in [-0.2, -0.15) is 0 Å². The standard InChI is InChI=1S/C18H19N3O3/c22-17(20-10-2-1-3-11-20)8-7-15-5-4-6-16(13-15)24-18(23)21-12-9-19-14-21/h4-9,12-14H,1-3,10-11H2/b8-7+. The Balaban J connectivity index is 1.63. The van der Waals surface area contributed by atoms with Gasteiger partial charge >= 0.3 is 6.09 Å². The molecule has 1 aliphatic heterocycles. The largest absolute Gasteiger partial charge is 0.424 e. The van der Waals surface area contributed by atoms with Gasteiger partial charge in [-0.15, -0.1) is 0 Å². The van der Waals surface area contributed by atoms with E-state index in [0.717, 1.165) is 31.5 Å². The number of rotatable bonds is 3. The Labute approximate surface area is 140 Å². The smallest absolute Gasteiger partial charge is 0.410 e. The van der Waals surface area contributed by atoms with Gasteiger partial charge in [-0.05, 0) is 43.0 Å². The van der Waals surface area contributed by atoms with Gasteiger partial charge in [-0.1, -0.05) is 12.1 Å². The molecule has 6 heteroatoms. The molecule has 1 amide bonds. The normalized spacial score (nSPS) is 14.8. The summed E-state index contributed by atoms with van der Waals surface area (Å²) < 4.78 is 6.53. The number of carbonyl (C=O) groups is 2. The van der Waals surface area contributed by atoms with Crippen LogP contribution < -0.4 is 4.74 Å². The predicted octanol–water partition coefficient (Wildman–Crippen LogP) is 2.96. The molecule has 1 aromatic carbocycles. The van der Waals surface area contributed by atoms with Crippen molar-refractivity contribution in [2.24, 2.45) is 0 Å². The zero-order valence-electron chi connectivity index (χ0n) is 13.3. The zero-order chi connectivity index (χ0) is 16.8. The van der Waals surface area contributed by atoms with Gasteiger partial charge in [-0.25, -0.2) is 14.3 Å². The Bertz CT molecular complexity index is 732. The molecule has 124 valence electrons.